The smallest absolute Gasteiger partial charge is 0.241 e. The van der Waals surface area contributed by atoms with E-state index in [0.29, 0.717) is 24.8 Å². The Bertz CT molecular complexity index is 1050. The van der Waals surface area contributed by atoms with Crippen LogP contribution < -0.4 is 5.32 Å². The lowest BCUT2D eigenvalue weighted by Gasteiger charge is -2.30. The van der Waals surface area contributed by atoms with Crippen LogP contribution in [0.25, 0.3) is 11.4 Å². The van der Waals surface area contributed by atoms with Gasteiger partial charge >= 0.3 is 0 Å². The van der Waals surface area contributed by atoms with Gasteiger partial charge in [-0.2, -0.15) is 4.98 Å². The minimum atomic E-state index is 0.0742. The molecule has 2 heterocycles. The van der Waals surface area contributed by atoms with Gasteiger partial charge in [-0.1, -0.05) is 44.8 Å². The Morgan fingerprint density at radius 1 is 1.21 bits per heavy atom. The maximum atomic E-state index is 12.5. The summed E-state index contributed by atoms with van der Waals surface area (Å²) in [5.41, 5.74) is 0.918. The Morgan fingerprint density at radius 2 is 2.00 bits per heavy atom. The first kappa shape index (κ1) is 24.3. The summed E-state index contributed by atoms with van der Waals surface area (Å²) in [6.45, 7) is 3.01. The largest absolute Gasteiger partial charge is 0.356 e. The van der Waals surface area contributed by atoms with E-state index in [1.165, 1.54) is 4.90 Å². The zero-order chi connectivity index (χ0) is 23.0. The van der Waals surface area contributed by atoms with E-state index in [0.717, 1.165) is 53.2 Å². The average Bonchev–Trinajstić information content (AvgIpc) is 3.29. The van der Waals surface area contributed by atoms with Crippen LogP contribution in [0.2, 0.25) is 5.02 Å². The molecule has 1 N–H and O–H groups in total. The molecule has 1 saturated heterocycles. The molecule has 9 heteroatoms. The maximum Gasteiger partial charge on any atom is 0.241 e. The van der Waals surface area contributed by atoms with Crippen LogP contribution in [0.15, 0.2) is 62.4 Å². The molecule has 2 aromatic carbocycles. The van der Waals surface area contributed by atoms with Crippen LogP contribution in [0, 0.1) is 5.92 Å². The fraction of sp³-hybridized carbons (Fsp3) is 0.375. The first-order chi connectivity index (χ1) is 16.1. The Hall–Kier alpha value is -1.87. The summed E-state index contributed by atoms with van der Waals surface area (Å²) in [4.78, 5) is 20.5. The highest BCUT2D eigenvalue weighted by molar-refractivity contribution is 9.10. The Kier molecular flexibility index (Phi) is 8.83. The lowest BCUT2D eigenvalue weighted by atomic mass is 9.96. The molecule has 0 atom stereocenters. The van der Waals surface area contributed by atoms with Crippen molar-refractivity contribution in [3.05, 3.63) is 63.9 Å². The number of benzene rings is 2. The number of hydrogen-bond donors (Lipinski definition) is 1. The monoisotopic (exact) mass is 548 g/mol. The van der Waals surface area contributed by atoms with Crippen molar-refractivity contribution < 1.29 is 9.32 Å². The number of amides is 1. The second kappa shape index (κ2) is 12.0. The number of hydrogen-bond acceptors (Lipinski definition) is 6. The van der Waals surface area contributed by atoms with Crippen molar-refractivity contribution in [1.29, 1.82) is 0 Å². The zero-order valence-corrected chi connectivity index (χ0v) is 21.3. The molecule has 0 spiro atoms. The van der Waals surface area contributed by atoms with Crippen LogP contribution in [0.1, 0.15) is 25.2 Å². The van der Waals surface area contributed by atoms with Gasteiger partial charge in [0.1, 0.15) is 0 Å². The molecule has 0 saturated carbocycles. The van der Waals surface area contributed by atoms with E-state index >= 15 is 0 Å². The second-order valence-electron chi connectivity index (χ2n) is 8.02. The van der Waals surface area contributed by atoms with E-state index in [9.17, 15) is 4.79 Å². The van der Waals surface area contributed by atoms with E-state index in [2.05, 4.69) is 36.3 Å². The lowest BCUT2D eigenvalue weighted by Crippen LogP contribution is -2.40. The molecule has 1 aliphatic rings. The number of rotatable bonds is 9. The molecule has 1 aromatic heterocycles. The summed E-state index contributed by atoms with van der Waals surface area (Å²) >= 11 is 11.2. The predicted molar refractivity (Wildman–Crippen MR) is 135 cm³/mol. The summed E-state index contributed by atoms with van der Waals surface area (Å²) < 4.78 is 6.42. The molecule has 1 fully saturated rings. The Labute approximate surface area is 211 Å². The zero-order valence-electron chi connectivity index (χ0n) is 18.2. The number of nitrogens with zero attached hydrogens (tertiary/aromatic N) is 3. The second-order valence-corrected chi connectivity index (χ2v) is 10.5. The summed E-state index contributed by atoms with van der Waals surface area (Å²) in [5.74, 6) is 2.40. The lowest BCUT2D eigenvalue weighted by molar-refractivity contribution is -0.126. The van der Waals surface area contributed by atoms with Crippen molar-refractivity contribution in [3.63, 3.8) is 0 Å². The van der Waals surface area contributed by atoms with Crippen LogP contribution in [0.5, 0.6) is 0 Å². The van der Waals surface area contributed by atoms with Crippen molar-refractivity contribution in [2.45, 2.75) is 30.7 Å². The number of carbonyl (C=O) groups excluding carboxylic acids is 1. The van der Waals surface area contributed by atoms with E-state index < -0.39 is 0 Å². The van der Waals surface area contributed by atoms with Crippen molar-refractivity contribution in [2.75, 3.05) is 25.4 Å². The standard InChI is InChI=1S/C24H26BrClN4O2S/c25-19-4-1-3-18(15-19)23-28-22(32-29-23)16-30-12-9-17(10-13-30)24(31)27-11-2-14-33-21-7-5-20(26)6-8-21/h1,3-8,15,17H,2,9-14,16H2,(H,27,31). The molecule has 1 amide bonds. The van der Waals surface area contributed by atoms with Crippen molar-refractivity contribution in [2.24, 2.45) is 5.92 Å². The third-order valence-corrected chi connectivity index (χ3v) is 7.41. The molecular weight excluding hydrogens is 524 g/mol. The highest BCUT2D eigenvalue weighted by atomic mass is 79.9. The molecular formula is C24H26BrClN4O2S. The number of piperidine rings is 1. The van der Waals surface area contributed by atoms with Gasteiger partial charge in [0.2, 0.25) is 17.6 Å². The van der Waals surface area contributed by atoms with Crippen LogP contribution >= 0.6 is 39.3 Å². The van der Waals surface area contributed by atoms with E-state index in [1.54, 1.807) is 11.8 Å². The first-order valence-electron chi connectivity index (χ1n) is 11.0. The first-order valence-corrected chi connectivity index (χ1v) is 13.2. The number of likely N-dealkylation sites (tertiary alicyclic amines) is 1. The molecule has 6 nitrogen and oxygen atoms in total. The Balaban J connectivity index is 1.14. The van der Waals surface area contributed by atoms with Crippen molar-refractivity contribution >= 4 is 45.2 Å². The highest BCUT2D eigenvalue weighted by Gasteiger charge is 2.25. The minimum Gasteiger partial charge on any atom is -0.356 e. The van der Waals surface area contributed by atoms with Gasteiger partial charge in [-0.25, -0.2) is 0 Å². The molecule has 0 bridgehead atoms. The SMILES string of the molecule is O=C(NCCCSc1ccc(Cl)cc1)C1CCN(Cc2nc(-c3cccc(Br)c3)no2)CC1. The summed E-state index contributed by atoms with van der Waals surface area (Å²) in [6.07, 6.45) is 2.63. The molecule has 1 aliphatic heterocycles. The Morgan fingerprint density at radius 3 is 2.76 bits per heavy atom. The normalized spacial score (nSPS) is 15.0. The van der Waals surface area contributed by atoms with Gasteiger partial charge in [-0.3, -0.25) is 9.69 Å². The summed E-state index contributed by atoms with van der Waals surface area (Å²) in [5, 5.41) is 7.95. The fourth-order valence-corrected chi connectivity index (χ4v) is 5.14. The number of thioether (sulfide) groups is 1. The minimum absolute atomic E-state index is 0.0742. The number of carbonyl (C=O) groups is 1. The fourth-order valence-electron chi connectivity index (χ4n) is 3.76. The average molecular weight is 550 g/mol. The topological polar surface area (TPSA) is 71.3 Å². The predicted octanol–water partition coefficient (Wildman–Crippen LogP) is 5.66. The van der Waals surface area contributed by atoms with Gasteiger partial charge in [-0.05, 0) is 74.5 Å². The summed E-state index contributed by atoms with van der Waals surface area (Å²) in [7, 11) is 0. The number of nitrogens with one attached hydrogen (secondary N) is 1. The summed E-state index contributed by atoms with van der Waals surface area (Å²) in [6, 6.07) is 15.7. The molecule has 4 rings (SSSR count). The molecule has 0 radical (unpaired) electrons. The van der Waals surface area contributed by atoms with E-state index in [4.69, 9.17) is 16.1 Å². The third-order valence-electron chi connectivity index (χ3n) is 5.57. The molecule has 174 valence electrons. The van der Waals surface area contributed by atoms with Gasteiger partial charge in [0.15, 0.2) is 0 Å². The van der Waals surface area contributed by atoms with E-state index in [-0.39, 0.29) is 11.8 Å². The van der Waals surface area contributed by atoms with Gasteiger partial charge < -0.3 is 9.84 Å². The van der Waals surface area contributed by atoms with Gasteiger partial charge in [0.05, 0.1) is 6.54 Å². The van der Waals surface area contributed by atoms with Crippen LogP contribution in [-0.2, 0) is 11.3 Å². The van der Waals surface area contributed by atoms with Crippen LogP contribution in [0.3, 0.4) is 0 Å². The maximum absolute atomic E-state index is 12.5. The van der Waals surface area contributed by atoms with Crippen molar-refractivity contribution in [1.82, 2.24) is 20.4 Å². The molecule has 0 aliphatic carbocycles. The number of aromatic nitrogens is 2. The molecule has 3 aromatic rings. The van der Waals surface area contributed by atoms with Crippen LogP contribution in [-0.4, -0.2) is 46.3 Å². The molecule has 0 unspecified atom stereocenters. The quantitative estimate of drug-likeness (QED) is 0.274. The van der Waals surface area contributed by atoms with E-state index in [1.807, 2.05) is 48.5 Å². The third kappa shape index (κ3) is 7.30. The van der Waals surface area contributed by atoms with Gasteiger partial charge in [0.25, 0.3) is 0 Å². The van der Waals surface area contributed by atoms with Gasteiger partial charge in [0, 0.05) is 32.4 Å². The molecule has 33 heavy (non-hydrogen) atoms. The van der Waals surface area contributed by atoms with Crippen LogP contribution in [0.4, 0.5) is 0 Å². The number of halogens is 2. The van der Waals surface area contributed by atoms with Crippen molar-refractivity contribution in [3.8, 4) is 11.4 Å². The highest BCUT2D eigenvalue weighted by Crippen LogP contribution is 2.23. The van der Waals surface area contributed by atoms with Gasteiger partial charge in [-0.15, -0.1) is 11.8 Å².